The van der Waals surface area contributed by atoms with Gasteiger partial charge in [0.1, 0.15) is 0 Å². The van der Waals surface area contributed by atoms with Crippen molar-refractivity contribution in [1.82, 2.24) is 5.32 Å². The van der Waals surface area contributed by atoms with Gasteiger partial charge in [-0.2, -0.15) is 0 Å². The smallest absolute Gasteiger partial charge is 0.252 e. The van der Waals surface area contributed by atoms with Crippen molar-refractivity contribution in [3.63, 3.8) is 0 Å². The molecule has 0 radical (unpaired) electrons. The van der Waals surface area contributed by atoms with Crippen molar-refractivity contribution in [3.8, 4) is 28.7 Å². The van der Waals surface area contributed by atoms with Gasteiger partial charge in [0.05, 0.1) is 41.1 Å². The highest BCUT2D eigenvalue weighted by molar-refractivity contribution is 5.96. The van der Waals surface area contributed by atoms with Crippen LogP contribution < -0.4 is 34.1 Å². The number of hydrogen-bond acceptors (Lipinski definition) is 8. The average Bonchev–Trinajstić information content (AvgIpc) is 2.77. The van der Waals surface area contributed by atoms with Crippen molar-refractivity contribution >= 4 is 11.9 Å². The Bertz CT molecular complexity index is 903. The Labute approximate surface area is 180 Å². The first kappa shape index (κ1) is 23.7. The maximum atomic E-state index is 12.9. The zero-order chi connectivity index (χ0) is 23.0. The van der Waals surface area contributed by atoms with Crippen LogP contribution >= 0.6 is 0 Å². The van der Waals surface area contributed by atoms with Crippen LogP contribution in [0.5, 0.6) is 28.7 Å². The van der Waals surface area contributed by atoms with E-state index in [1.807, 2.05) is 6.92 Å². The summed E-state index contributed by atoms with van der Waals surface area (Å²) >= 11 is 0. The van der Waals surface area contributed by atoms with E-state index in [1.54, 1.807) is 18.2 Å². The molecule has 0 spiro atoms. The van der Waals surface area contributed by atoms with Gasteiger partial charge in [0.2, 0.25) is 5.75 Å². The largest absolute Gasteiger partial charge is 0.550 e. The highest BCUT2D eigenvalue weighted by Gasteiger charge is 2.21. The fraction of sp³-hybridized carbons (Fsp3) is 0.364. The number of carbonyl (C=O) groups is 2. The van der Waals surface area contributed by atoms with E-state index in [-0.39, 0.29) is 5.56 Å². The number of carboxylic acids is 1. The van der Waals surface area contributed by atoms with E-state index < -0.39 is 24.3 Å². The van der Waals surface area contributed by atoms with Gasteiger partial charge in [-0.15, -0.1) is 0 Å². The Morgan fingerprint density at radius 1 is 0.903 bits per heavy atom. The van der Waals surface area contributed by atoms with E-state index in [1.165, 1.54) is 40.6 Å². The van der Waals surface area contributed by atoms with Crippen molar-refractivity contribution < 1.29 is 38.4 Å². The molecule has 0 saturated carbocycles. The van der Waals surface area contributed by atoms with E-state index in [2.05, 4.69) is 5.32 Å². The summed E-state index contributed by atoms with van der Waals surface area (Å²) in [6.07, 6.45) is -0.437. The minimum atomic E-state index is -1.32. The quantitative estimate of drug-likeness (QED) is 0.571. The third-order valence-electron chi connectivity index (χ3n) is 4.49. The number of carboxylic acid groups (broad SMARTS) is 1. The van der Waals surface area contributed by atoms with Crippen molar-refractivity contribution in [2.45, 2.75) is 19.4 Å². The first-order chi connectivity index (χ1) is 14.9. The van der Waals surface area contributed by atoms with Gasteiger partial charge in [0.25, 0.3) is 5.91 Å². The van der Waals surface area contributed by atoms with Gasteiger partial charge in [0, 0.05) is 18.0 Å². The molecule has 31 heavy (non-hydrogen) atoms. The van der Waals surface area contributed by atoms with Gasteiger partial charge >= 0.3 is 0 Å². The Kier molecular flexibility index (Phi) is 8.36. The molecule has 1 unspecified atom stereocenters. The highest BCUT2D eigenvalue weighted by atomic mass is 16.5. The van der Waals surface area contributed by atoms with Gasteiger partial charge < -0.3 is 38.9 Å². The third-order valence-corrected chi connectivity index (χ3v) is 4.49. The Balaban J connectivity index is 2.39. The minimum Gasteiger partial charge on any atom is -0.550 e. The SMILES string of the molecule is CCOc1ccc(C(CC(=O)[O-])NC(=O)c2cc(OC)c(OC)c(OC)c2)cc1OC. The molecule has 0 aliphatic carbocycles. The van der Waals surface area contributed by atoms with Crippen LogP contribution in [0.3, 0.4) is 0 Å². The minimum absolute atomic E-state index is 0.204. The standard InChI is InChI=1S/C22H27NO8/c1-6-31-16-8-7-13(9-17(16)27-2)15(12-20(24)25)23-22(26)14-10-18(28-3)21(30-5)19(11-14)29-4/h7-11,15H,6,12H2,1-5H3,(H,23,26)(H,24,25)/p-1. The summed E-state index contributed by atoms with van der Waals surface area (Å²) in [5, 5.41) is 14.1. The number of ether oxygens (including phenoxy) is 5. The van der Waals surface area contributed by atoms with Crippen molar-refractivity contribution in [3.05, 3.63) is 41.5 Å². The fourth-order valence-electron chi connectivity index (χ4n) is 3.05. The second-order valence-electron chi connectivity index (χ2n) is 6.36. The summed E-state index contributed by atoms with van der Waals surface area (Å²) in [6.45, 7) is 2.28. The number of methoxy groups -OCH3 is 4. The second-order valence-corrected chi connectivity index (χ2v) is 6.36. The number of carbonyl (C=O) groups excluding carboxylic acids is 2. The van der Waals surface area contributed by atoms with E-state index in [9.17, 15) is 14.7 Å². The van der Waals surface area contributed by atoms with Crippen molar-refractivity contribution in [2.75, 3.05) is 35.0 Å². The summed E-state index contributed by atoms with van der Waals surface area (Å²) in [5.74, 6) is 0.0181. The molecule has 0 saturated heterocycles. The van der Waals surface area contributed by atoms with Gasteiger partial charge in [0.15, 0.2) is 23.0 Å². The third kappa shape index (κ3) is 5.71. The predicted octanol–water partition coefficient (Wildman–Crippen LogP) is 1.73. The van der Waals surface area contributed by atoms with Gasteiger partial charge in [-0.3, -0.25) is 4.79 Å². The maximum absolute atomic E-state index is 12.9. The van der Waals surface area contributed by atoms with Gasteiger partial charge in [-0.1, -0.05) is 6.07 Å². The summed E-state index contributed by atoms with van der Waals surface area (Å²) in [4.78, 5) is 24.3. The molecule has 0 aromatic heterocycles. The number of aliphatic carboxylic acids is 1. The fourth-order valence-corrected chi connectivity index (χ4v) is 3.05. The van der Waals surface area contributed by atoms with Gasteiger partial charge in [-0.25, -0.2) is 0 Å². The molecule has 2 aromatic carbocycles. The van der Waals surface area contributed by atoms with Crippen LogP contribution in [0.15, 0.2) is 30.3 Å². The van der Waals surface area contributed by atoms with Crippen molar-refractivity contribution in [2.24, 2.45) is 0 Å². The Hall–Kier alpha value is -3.62. The van der Waals surface area contributed by atoms with Crippen LogP contribution in [0.25, 0.3) is 0 Å². The number of benzene rings is 2. The van der Waals surface area contributed by atoms with Crippen LogP contribution in [0.4, 0.5) is 0 Å². The molecule has 1 N–H and O–H groups in total. The molecule has 2 aromatic rings. The lowest BCUT2D eigenvalue weighted by Gasteiger charge is -2.22. The van der Waals surface area contributed by atoms with Crippen LogP contribution in [0.2, 0.25) is 0 Å². The topological polar surface area (TPSA) is 115 Å². The van der Waals surface area contributed by atoms with E-state index in [0.717, 1.165) is 0 Å². The summed E-state index contributed by atoms with van der Waals surface area (Å²) < 4.78 is 26.6. The van der Waals surface area contributed by atoms with E-state index in [4.69, 9.17) is 23.7 Å². The number of hydrogen-bond donors (Lipinski definition) is 1. The first-order valence-electron chi connectivity index (χ1n) is 9.49. The van der Waals surface area contributed by atoms with E-state index >= 15 is 0 Å². The molecule has 0 fully saturated rings. The lowest BCUT2D eigenvalue weighted by molar-refractivity contribution is -0.306. The zero-order valence-corrected chi connectivity index (χ0v) is 18.1. The molecular weight excluding hydrogens is 406 g/mol. The number of nitrogens with one attached hydrogen (secondary N) is 1. The highest BCUT2D eigenvalue weighted by Crippen LogP contribution is 2.38. The monoisotopic (exact) mass is 432 g/mol. The van der Waals surface area contributed by atoms with Crippen LogP contribution in [0, 0.1) is 0 Å². The first-order valence-corrected chi connectivity index (χ1v) is 9.49. The molecular formula is C22H26NO8-. The molecule has 0 heterocycles. The number of rotatable bonds is 11. The normalized spacial score (nSPS) is 11.3. The van der Waals surface area contributed by atoms with Crippen LogP contribution in [0.1, 0.15) is 35.3 Å². The Morgan fingerprint density at radius 3 is 2.00 bits per heavy atom. The molecule has 9 nitrogen and oxygen atoms in total. The Morgan fingerprint density at radius 2 is 1.52 bits per heavy atom. The zero-order valence-electron chi connectivity index (χ0n) is 18.1. The molecule has 0 bridgehead atoms. The van der Waals surface area contributed by atoms with Gasteiger partial charge in [-0.05, 0) is 36.8 Å². The second kappa shape index (κ2) is 11.0. The average molecular weight is 432 g/mol. The van der Waals surface area contributed by atoms with E-state index in [0.29, 0.717) is 40.9 Å². The molecule has 9 heteroatoms. The summed E-state index contributed by atoms with van der Waals surface area (Å²) in [6, 6.07) is 7.02. The molecule has 2 rings (SSSR count). The lowest BCUT2D eigenvalue weighted by Crippen LogP contribution is -2.34. The molecule has 0 aliphatic rings. The van der Waals surface area contributed by atoms with Crippen LogP contribution in [-0.4, -0.2) is 46.9 Å². The molecule has 0 aliphatic heterocycles. The molecule has 168 valence electrons. The predicted molar refractivity (Wildman–Crippen MR) is 110 cm³/mol. The molecule has 1 atom stereocenters. The summed E-state index contributed by atoms with van der Waals surface area (Å²) in [7, 11) is 5.80. The molecule has 1 amide bonds. The van der Waals surface area contributed by atoms with Crippen molar-refractivity contribution in [1.29, 1.82) is 0 Å². The summed E-state index contributed by atoms with van der Waals surface area (Å²) in [5.41, 5.74) is 0.723. The maximum Gasteiger partial charge on any atom is 0.252 e. The lowest BCUT2D eigenvalue weighted by atomic mass is 10.0. The van der Waals surface area contributed by atoms with Crippen LogP contribution in [-0.2, 0) is 4.79 Å². The number of amides is 1.